The first-order chi connectivity index (χ1) is 11.8. The maximum Gasteiger partial charge on any atom is 0.345 e. The summed E-state index contributed by atoms with van der Waals surface area (Å²) >= 11 is 0. The Morgan fingerprint density at radius 3 is 2.32 bits per heavy atom. The zero-order chi connectivity index (χ0) is 18.2. The number of aryl methyl sites for hydroxylation is 1. The van der Waals surface area contributed by atoms with E-state index in [1.54, 1.807) is 11.6 Å². The molecule has 2 heterocycles. The van der Waals surface area contributed by atoms with E-state index >= 15 is 0 Å². The molecule has 1 fully saturated rings. The number of aromatic nitrogens is 3. The number of benzene rings is 1. The Labute approximate surface area is 147 Å². The summed E-state index contributed by atoms with van der Waals surface area (Å²) in [5.74, 6) is 0.847. The van der Waals surface area contributed by atoms with Crippen molar-refractivity contribution in [3.05, 3.63) is 51.7 Å². The molecule has 0 atom stereocenters. The first-order valence-electron chi connectivity index (χ1n) is 8.40. The maximum absolute atomic E-state index is 12.5. The standard InChI is InChI=1S/C17H24N4O3S/c1-13-4-6-14(7-5-13)12-21-17(22)19(2)16(18-21)15-8-10-20(11-9-15)25(3,23)24/h4-7,15H,8-12H2,1-3H3. The van der Waals surface area contributed by atoms with Gasteiger partial charge in [-0.3, -0.25) is 4.57 Å². The van der Waals surface area contributed by atoms with E-state index in [2.05, 4.69) is 5.10 Å². The van der Waals surface area contributed by atoms with E-state index in [0.717, 1.165) is 11.4 Å². The third-order valence-corrected chi connectivity index (χ3v) is 6.12. The normalized spacial score (nSPS) is 17.1. The Kier molecular flexibility index (Phi) is 4.83. The summed E-state index contributed by atoms with van der Waals surface area (Å²) in [7, 11) is -1.41. The number of sulfonamides is 1. The van der Waals surface area contributed by atoms with E-state index in [0.29, 0.717) is 32.5 Å². The topological polar surface area (TPSA) is 77.2 Å². The third kappa shape index (κ3) is 3.85. The van der Waals surface area contributed by atoms with Gasteiger partial charge in [0.15, 0.2) is 0 Å². The van der Waals surface area contributed by atoms with E-state index in [-0.39, 0.29) is 11.6 Å². The quantitative estimate of drug-likeness (QED) is 0.813. The summed E-state index contributed by atoms with van der Waals surface area (Å²) in [4.78, 5) is 12.5. The van der Waals surface area contributed by atoms with Crippen LogP contribution in [0.2, 0.25) is 0 Å². The molecule has 0 radical (unpaired) electrons. The molecule has 1 aromatic heterocycles. The maximum atomic E-state index is 12.5. The van der Waals surface area contributed by atoms with Gasteiger partial charge in [-0.25, -0.2) is 22.2 Å². The Balaban J connectivity index is 1.78. The Morgan fingerprint density at radius 2 is 1.76 bits per heavy atom. The van der Waals surface area contributed by atoms with Gasteiger partial charge in [0.05, 0.1) is 12.8 Å². The largest absolute Gasteiger partial charge is 0.345 e. The van der Waals surface area contributed by atoms with Gasteiger partial charge in [-0.1, -0.05) is 29.8 Å². The second-order valence-corrected chi connectivity index (χ2v) is 8.76. The molecule has 25 heavy (non-hydrogen) atoms. The summed E-state index contributed by atoms with van der Waals surface area (Å²) in [6.07, 6.45) is 2.60. The second kappa shape index (κ2) is 6.76. The highest BCUT2D eigenvalue weighted by Crippen LogP contribution is 2.26. The molecule has 0 aliphatic carbocycles. The van der Waals surface area contributed by atoms with Crippen LogP contribution in [0.1, 0.15) is 35.7 Å². The van der Waals surface area contributed by atoms with Gasteiger partial charge in [-0.2, -0.15) is 5.10 Å². The van der Waals surface area contributed by atoms with E-state index in [9.17, 15) is 13.2 Å². The van der Waals surface area contributed by atoms with Crippen LogP contribution in [0.25, 0.3) is 0 Å². The van der Waals surface area contributed by atoms with Crippen molar-refractivity contribution < 1.29 is 8.42 Å². The molecule has 3 rings (SSSR count). The van der Waals surface area contributed by atoms with Crippen LogP contribution >= 0.6 is 0 Å². The molecule has 0 spiro atoms. The monoisotopic (exact) mass is 364 g/mol. The number of rotatable bonds is 4. The van der Waals surface area contributed by atoms with Crippen LogP contribution in [0.15, 0.2) is 29.1 Å². The first-order valence-corrected chi connectivity index (χ1v) is 10.2. The predicted molar refractivity (Wildman–Crippen MR) is 96.1 cm³/mol. The Bertz CT molecular complexity index is 904. The fourth-order valence-corrected chi connectivity index (χ4v) is 4.15. The number of hydrogen-bond acceptors (Lipinski definition) is 4. The van der Waals surface area contributed by atoms with Crippen molar-refractivity contribution in [1.82, 2.24) is 18.7 Å². The Morgan fingerprint density at radius 1 is 1.16 bits per heavy atom. The molecule has 7 nitrogen and oxygen atoms in total. The van der Waals surface area contributed by atoms with Crippen molar-refractivity contribution in [3.8, 4) is 0 Å². The highest BCUT2D eigenvalue weighted by atomic mass is 32.2. The van der Waals surface area contributed by atoms with Crippen LogP contribution in [0.5, 0.6) is 0 Å². The van der Waals surface area contributed by atoms with Crippen LogP contribution in [-0.4, -0.2) is 46.4 Å². The van der Waals surface area contributed by atoms with Gasteiger partial charge >= 0.3 is 5.69 Å². The SMILES string of the molecule is Cc1ccc(Cn2nc(C3CCN(S(C)(=O)=O)CC3)n(C)c2=O)cc1. The molecule has 8 heteroatoms. The lowest BCUT2D eigenvalue weighted by molar-refractivity contribution is 0.311. The molecule has 1 saturated heterocycles. The van der Waals surface area contributed by atoms with Crippen molar-refractivity contribution in [2.75, 3.05) is 19.3 Å². The van der Waals surface area contributed by atoms with Crippen molar-refractivity contribution in [1.29, 1.82) is 0 Å². The lowest BCUT2D eigenvalue weighted by Crippen LogP contribution is -2.37. The molecule has 1 aliphatic heterocycles. The smallest absolute Gasteiger partial charge is 0.282 e. The molecule has 2 aromatic rings. The zero-order valence-corrected chi connectivity index (χ0v) is 15.7. The van der Waals surface area contributed by atoms with E-state index in [1.165, 1.54) is 20.8 Å². The molecule has 0 N–H and O–H groups in total. The molecule has 1 aliphatic rings. The second-order valence-electron chi connectivity index (χ2n) is 6.78. The minimum atomic E-state index is -3.15. The lowest BCUT2D eigenvalue weighted by atomic mass is 9.97. The number of nitrogens with zero attached hydrogens (tertiary/aromatic N) is 4. The van der Waals surface area contributed by atoms with Crippen LogP contribution in [0.4, 0.5) is 0 Å². The minimum absolute atomic E-state index is 0.106. The van der Waals surface area contributed by atoms with Gasteiger partial charge in [-0.15, -0.1) is 0 Å². The highest BCUT2D eigenvalue weighted by Gasteiger charge is 2.29. The van der Waals surface area contributed by atoms with Crippen molar-refractivity contribution in [2.24, 2.45) is 7.05 Å². The number of hydrogen-bond donors (Lipinski definition) is 0. The molecular weight excluding hydrogens is 340 g/mol. The summed E-state index contributed by atoms with van der Waals surface area (Å²) in [6.45, 7) is 3.41. The molecule has 136 valence electrons. The third-order valence-electron chi connectivity index (χ3n) is 4.82. The van der Waals surface area contributed by atoms with Gasteiger partial charge in [0.1, 0.15) is 5.82 Å². The molecule has 0 bridgehead atoms. The molecule has 0 unspecified atom stereocenters. The van der Waals surface area contributed by atoms with E-state index < -0.39 is 10.0 Å². The summed E-state index contributed by atoms with van der Waals surface area (Å²) < 4.78 is 27.8. The Hall–Kier alpha value is -1.93. The minimum Gasteiger partial charge on any atom is -0.282 e. The van der Waals surface area contributed by atoms with E-state index in [4.69, 9.17) is 0 Å². The zero-order valence-electron chi connectivity index (χ0n) is 14.8. The predicted octanol–water partition coefficient (Wildman–Crippen LogP) is 1.08. The summed E-state index contributed by atoms with van der Waals surface area (Å²) in [5.41, 5.74) is 2.07. The van der Waals surface area contributed by atoms with Crippen LogP contribution in [0.3, 0.4) is 0 Å². The fourth-order valence-electron chi connectivity index (χ4n) is 3.28. The van der Waals surface area contributed by atoms with Gasteiger partial charge in [0, 0.05) is 26.1 Å². The van der Waals surface area contributed by atoms with Gasteiger partial charge in [0.2, 0.25) is 10.0 Å². The van der Waals surface area contributed by atoms with Gasteiger partial charge < -0.3 is 0 Å². The molecular formula is C17H24N4O3S. The van der Waals surface area contributed by atoms with E-state index in [1.807, 2.05) is 31.2 Å². The summed E-state index contributed by atoms with van der Waals surface area (Å²) in [5, 5.41) is 4.54. The van der Waals surface area contributed by atoms with Crippen LogP contribution in [-0.2, 0) is 23.6 Å². The van der Waals surface area contributed by atoms with Gasteiger partial charge in [-0.05, 0) is 25.3 Å². The van der Waals surface area contributed by atoms with Crippen molar-refractivity contribution >= 4 is 10.0 Å². The average Bonchev–Trinajstić information content (AvgIpc) is 2.85. The van der Waals surface area contributed by atoms with Crippen LogP contribution < -0.4 is 5.69 Å². The average molecular weight is 364 g/mol. The first kappa shape index (κ1) is 17.9. The summed E-state index contributed by atoms with van der Waals surface area (Å²) in [6, 6.07) is 8.04. The molecule has 0 saturated carbocycles. The van der Waals surface area contributed by atoms with Crippen molar-refractivity contribution in [2.45, 2.75) is 32.2 Å². The molecule has 0 amide bonds. The fraction of sp³-hybridized carbons (Fsp3) is 0.529. The van der Waals surface area contributed by atoms with Crippen LogP contribution in [0, 0.1) is 6.92 Å². The lowest BCUT2D eigenvalue weighted by Gasteiger charge is -2.29. The number of piperidine rings is 1. The highest BCUT2D eigenvalue weighted by molar-refractivity contribution is 7.88. The van der Waals surface area contributed by atoms with Crippen molar-refractivity contribution in [3.63, 3.8) is 0 Å². The molecule has 1 aromatic carbocycles. The van der Waals surface area contributed by atoms with Gasteiger partial charge in [0.25, 0.3) is 0 Å².